The molecule has 3 amide bonds. The van der Waals surface area contributed by atoms with Crippen LogP contribution in [0.4, 0.5) is 5.69 Å². The Morgan fingerprint density at radius 1 is 1.04 bits per heavy atom. The summed E-state index contributed by atoms with van der Waals surface area (Å²) in [6.45, 7) is 1.81. The molecule has 4 heterocycles. The fraction of sp³-hybridized carbons (Fsp3) is 0.412. The number of nitrogens with one attached hydrogen (secondary N) is 1. The highest BCUT2D eigenvalue weighted by atomic mass is 35.5. The molecule has 0 unspecified atom stereocenters. The van der Waals surface area contributed by atoms with Crippen molar-refractivity contribution < 1.29 is 33.8 Å². The summed E-state index contributed by atoms with van der Waals surface area (Å²) in [4.78, 5) is 58.8. The van der Waals surface area contributed by atoms with Gasteiger partial charge in [0.25, 0.3) is 5.91 Å². The number of cyclic esters (lactones) is 1. The van der Waals surface area contributed by atoms with Crippen molar-refractivity contribution in [3.05, 3.63) is 89.0 Å². The van der Waals surface area contributed by atoms with E-state index in [9.17, 15) is 24.3 Å². The Bertz CT molecular complexity index is 1530. The number of fused-ring (bicyclic) bond motifs is 2. The molecule has 2 fully saturated rings. The van der Waals surface area contributed by atoms with Gasteiger partial charge >= 0.3 is 5.97 Å². The number of aliphatic hydroxyl groups is 1. The highest BCUT2D eigenvalue weighted by Crippen LogP contribution is 2.55. The summed E-state index contributed by atoms with van der Waals surface area (Å²) >= 11 is 6.68. The standard InChI is InChI=1S/C34H36ClN3O7/c1-21-10-8-13-23(35)29(21)37-17-7-3-6-14-26(40)44-20-24(22-11-4-2-5-12-22)36-31(41)27-25-15-16-34(45-25)28(27)32(42)38(18-9-19-39)30(34)33(37)43/h2-5,7-8,10-13,15-16,24-25,27-28,30,39H,6,9,14,17-20H2,1H3,(H,36,41)/b7-3-/t24-,25-,27+,28+,30-,34+/m1/s1. The number of hydrogen-bond acceptors (Lipinski definition) is 7. The first-order chi connectivity index (χ1) is 21.8. The van der Waals surface area contributed by atoms with Gasteiger partial charge in [0.1, 0.15) is 18.2 Å². The molecule has 2 aromatic rings. The number of carbonyl (C=O) groups is 4. The number of aliphatic hydroxyl groups excluding tert-OH is 1. The molecule has 11 heteroatoms. The van der Waals surface area contributed by atoms with Gasteiger partial charge in [-0.3, -0.25) is 19.2 Å². The van der Waals surface area contributed by atoms with Crippen molar-refractivity contribution in [2.24, 2.45) is 11.8 Å². The number of nitrogens with zero attached hydrogens (tertiary/aromatic N) is 2. The van der Waals surface area contributed by atoms with Crippen LogP contribution in [0, 0.1) is 18.8 Å². The molecule has 2 saturated heterocycles. The van der Waals surface area contributed by atoms with E-state index >= 15 is 0 Å². The third-order valence-electron chi connectivity index (χ3n) is 9.09. The fourth-order valence-corrected chi connectivity index (χ4v) is 7.38. The maximum absolute atomic E-state index is 14.8. The number of para-hydroxylation sites is 1. The van der Waals surface area contributed by atoms with Crippen molar-refractivity contribution in [3.8, 4) is 0 Å². The molecule has 5 bridgehead atoms. The zero-order valence-corrected chi connectivity index (χ0v) is 25.7. The van der Waals surface area contributed by atoms with Crippen LogP contribution in [-0.2, 0) is 28.7 Å². The van der Waals surface area contributed by atoms with Crippen LogP contribution in [-0.4, -0.2) is 77.7 Å². The zero-order chi connectivity index (χ0) is 31.7. The minimum absolute atomic E-state index is 0.0839. The van der Waals surface area contributed by atoms with Crippen LogP contribution >= 0.6 is 11.6 Å². The number of likely N-dealkylation sites (tertiary alicyclic amines) is 1. The van der Waals surface area contributed by atoms with E-state index in [1.54, 1.807) is 36.4 Å². The Morgan fingerprint density at radius 3 is 2.60 bits per heavy atom. The minimum atomic E-state index is -1.39. The second kappa shape index (κ2) is 12.8. The van der Waals surface area contributed by atoms with Gasteiger partial charge in [0.15, 0.2) is 0 Å². The van der Waals surface area contributed by atoms with Gasteiger partial charge in [-0.05, 0) is 37.0 Å². The fourth-order valence-electron chi connectivity index (χ4n) is 7.05. The number of amides is 3. The molecule has 0 radical (unpaired) electrons. The summed E-state index contributed by atoms with van der Waals surface area (Å²) < 4.78 is 12.1. The number of hydrogen-bond donors (Lipinski definition) is 2. The van der Waals surface area contributed by atoms with E-state index < -0.39 is 53.4 Å². The topological polar surface area (TPSA) is 125 Å². The summed E-state index contributed by atoms with van der Waals surface area (Å²) in [5.74, 6) is -3.56. The van der Waals surface area contributed by atoms with E-state index in [1.165, 1.54) is 9.80 Å². The van der Waals surface area contributed by atoms with Crippen LogP contribution < -0.4 is 10.2 Å². The number of ether oxygens (including phenoxy) is 2. The van der Waals surface area contributed by atoms with Crippen molar-refractivity contribution >= 4 is 41.0 Å². The maximum atomic E-state index is 14.8. The van der Waals surface area contributed by atoms with E-state index in [-0.39, 0.29) is 45.1 Å². The van der Waals surface area contributed by atoms with Gasteiger partial charge in [0, 0.05) is 26.1 Å². The summed E-state index contributed by atoms with van der Waals surface area (Å²) in [5, 5.41) is 13.1. The largest absolute Gasteiger partial charge is 0.463 e. The first kappa shape index (κ1) is 31.0. The molecule has 0 saturated carbocycles. The number of halogens is 1. The SMILES string of the molecule is Cc1cccc(Cl)c1N1C/C=C\CCC(=O)OC[C@H](c2ccccc2)NC(=O)[C@@H]2[C@H]3C(=O)N(CCCO)[C@H](C1=O)[C@]31C=C[C@H]2O1. The van der Waals surface area contributed by atoms with Gasteiger partial charge in [-0.15, -0.1) is 0 Å². The van der Waals surface area contributed by atoms with Gasteiger partial charge in [-0.2, -0.15) is 0 Å². The van der Waals surface area contributed by atoms with E-state index in [4.69, 9.17) is 21.1 Å². The molecule has 236 valence electrons. The Hall–Kier alpha value is -3.99. The van der Waals surface area contributed by atoms with Gasteiger partial charge in [0.05, 0.1) is 34.7 Å². The molecule has 45 heavy (non-hydrogen) atoms. The molecule has 2 aromatic carbocycles. The van der Waals surface area contributed by atoms with Crippen LogP contribution in [0.25, 0.3) is 0 Å². The molecule has 10 nitrogen and oxygen atoms in total. The smallest absolute Gasteiger partial charge is 0.306 e. The Labute approximate surface area is 266 Å². The van der Waals surface area contributed by atoms with Crippen LogP contribution in [0.2, 0.25) is 5.02 Å². The number of esters is 1. The number of rotatable bonds is 5. The molecular formula is C34H36ClN3O7. The first-order valence-corrected chi connectivity index (χ1v) is 15.7. The van der Waals surface area contributed by atoms with Crippen LogP contribution in [0.15, 0.2) is 72.8 Å². The van der Waals surface area contributed by atoms with Crippen molar-refractivity contribution in [2.75, 3.05) is 31.2 Å². The molecule has 6 atom stereocenters. The average Bonchev–Trinajstić information content (AvgIpc) is 3.67. The van der Waals surface area contributed by atoms with Gasteiger partial charge < -0.3 is 29.7 Å². The monoisotopic (exact) mass is 633 g/mol. The van der Waals surface area contributed by atoms with E-state index in [2.05, 4.69) is 5.32 Å². The molecule has 4 aliphatic rings. The highest BCUT2D eigenvalue weighted by molar-refractivity contribution is 6.34. The molecule has 0 aliphatic carbocycles. The number of benzene rings is 2. The average molecular weight is 634 g/mol. The molecule has 0 aromatic heterocycles. The predicted molar refractivity (Wildman–Crippen MR) is 166 cm³/mol. The summed E-state index contributed by atoms with van der Waals surface area (Å²) in [7, 11) is 0. The lowest BCUT2D eigenvalue weighted by molar-refractivity contribution is -0.145. The van der Waals surface area contributed by atoms with Crippen molar-refractivity contribution in [3.63, 3.8) is 0 Å². The molecular weight excluding hydrogens is 598 g/mol. The third kappa shape index (κ3) is 5.55. The molecule has 2 N–H and O–H groups in total. The number of carbonyl (C=O) groups excluding carboxylic acids is 4. The van der Waals surface area contributed by atoms with Crippen molar-refractivity contribution in [2.45, 2.75) is 50.0 Å². The normalized spacial score (nSPS) is 30.8. The quantitative estimate of drug-likeness (QED) is 0.382. The lowest BCUT2D eigenvalue weighted by Gasteiger charge is -2.36. The highest BCUT2D eigenvalue weighted by Gasteiger charge is 2.73. The van der Waals surface area contributed by atoms with Crippen molar-refractivity contribution in [1.29, 1.82) is 0 Å². The second-order valence-electron chi connectivity index (χ2n) is 11.8. The lowest BCUT2D eigenvalue weighted by Crippen LogP contribution is -2.56. The van der Waals surface area contributed by atoms with Crippen LogP contribution in [0.3, 0.4) is 0 Å². The molecule has 4 aliphatic heterocycles. The first-order valence-electron chi connectivity index (χ1n) is 15.3. The third-order valence-corrected chi connectivity index (χ3v) is 9.40. The number of allylic oxidation sites excluding steroid dienone is 1. The van der Waals surface area contributed by atoms with Crippen LogP contribution in [0.1, 0.15) is 36.4 Å². The maximum Gasteiger partial charge on any atom is 0.306 e. The summed E-state index contributed by atoms with van der Waals surface area (Å²) in [6, 6.07) is 12.8. The number of aryl methyl sites for hydroxylation is 1. The minimum Gasteiger partial charge on any atom is -0.463 e. The summed E-state index contributed by atoms with van der Waals surface area (Å²) in [5.41, 5.74) is 0.607. The van der Waals surface area contributed by atoms with Gasteiger partial charge in [0.2, 0.25) is 11.8 Å². The van der Waals surface area contributed by atoms with Crippen LogP contribution in [0.5, 0.6) is 0 Å². The lowest BCUT2D eigenvalue weighted by atomic mass is 9.74. The Morgan fingerprint density at radius 2 is 1.84 bits per heavy atom. The van der Waals surface area contributed by atoms with E-state index in [0.29, 0.717) is 17.1 Å². The number of anilines is 1. The zero-order valence-electron chi connectivity index (χ0n) is 24.9. The Kier molecular flexibility index (Phi) is 8.81. The second-order valence-corrected chi connectivity index (χ2v) is 12.2. The molecule has 1 spiro atoms. The van der Waals surface area contributed by atoms with Gasteiger partial charge in [-0.25, -0.2) is 0 Å². The van der Waals surface area contributed by atoms with E-state index in [0.717, 1.165) is 11.1 Å². The molecule has 6 rings (SSSR count). The van der Waals surface area contributed by atoms with E-state index in [1.807, 2.05) is 43.3 Å². The summed E-state index contributed by atoms with van der Waals surface area (Å²) in [6.07, 6.45) is 7.10. The van der Waals surface area contributed by atoms with Gasteiger partial charge in [-0.1, -0.05) is 78.4 Å². The Balaban J connectivity index is 1.44. The van der Waals surface area contributed by atoms with Crippen molar-refractivity contribution in [1.82, 2.24) is 10.2 Å². The predicted octanol–water partition coefficient (Wildman–Crippen LogP) is 3.27.